The van der Waals surface area contributed by atoms with Gasteiger partial charge in [0.25, 0.3) is 0 Å². The monoisotopic (exact) mass is 453 g/mol. The first-order chi connectivity index (χ1) is 15.1. The molecular formula is C17H27N9O6. The molecule has 0 radical (unpaired) electrons. The number of nitrogens with zero attached hydrogens (tertiary/aromatic N) is 4. The zero-order valence-electron chi connectivity index (χ0n) is 17.1. The number of aliphatic hydroxyl groups excluding tert-OH is 2. The summed E-state index contributed by atoms with van der Waals surface area (Å²) in [6.07, 6.45) is -0.0896. The van der Waals surface area contributed by atoms with Crippen LogP contribution < -0.4 is 28.3 Å². The van der Waals surface area contributed by atoms with Gasteiger partial charge in [-0.15, -0.1) is 0 Å². The van der Waals surface area contributed by atoms with Gasteiger partial charge in [-0.25, -0.2) is 19.7 Å². The fourth-order valence-electron chi connectivity index (χ4n) is 3.78. The number of anilines is 1. The Morgan fingerprint density at radius 3 is 2.69 bits per heavy atom. The number of amides is 2. The van der Waals surface area contributed by atoms with E-state index < -0.39 is 48.1 Å². The maximum absolute atomic E-state index is 13.3. The number of unbranched alkanes of at least 4 members (excludes halogenated alkanes) is 1. The second kappa shape index (κ2) is 8.89. The summed E-state index contributed by atoms with van der Waals surface area (Å²) in [6, 6.07) is -1.92. The summed E-state index contributed by atoms with van der Waals surface area (Å²) in [5, 5.41) is 34.2. The number of aliphatic hydroxyl groups is 3. The number of fused-ring (bicyclic) bond motifs is 1. The topological polar surface area (TPSA) is 264 Å². The smallest absolute Gasteiger partial charge is 0.312 e. The SMILES string of the molecule is NC(=O)NCCCCC(N)C(=O)[C@@]1(O)[C@H](O)[C@@H](CO)O[C@@]1(N)n1cnc2c(N)ncnc21. The Balaban J connectivity index is 1.92. The van der Waals surface area contributed by atoms with E-state index in [1.165, 1.54) is 0 Å². The number of carbonyl (C=O) groups excluding carboxylic acids is 2. The number of rotatable bonds is 9. The Morgan fingerprint density at radius 2 is 2.03 bits per heavy atom. The molecule has 2 amide bonds. The maximum Gasteiger partial charge on any atom is 0.312 e. The molecule has 32 heavy (non-hydrogen) atoms. The highest BCUT2D eigenvalue weighted by atomic mass is 16.6. The van der Waals surface area contributed by atoms with Gasteiger partial charge in [-0.1, -0.05) is 0 Å². The second-order valence-electron chi connectivity index (χ2n) is 7.55. The third-order valence-electron chi connectivity index (χ3n) is 5.51. The zero-order valence-corrected chi connectivity index (χ0v) is 17.1. The van der Waals surface area contributed by atoms with Gasteiger partial charge in [0.2, 0.25) is 11.4 Å². The quantitative estimate of drug-likeness (QED) is 0.170. The average Bonchev–Trinajstić information content (AvgIpc) is 3.28. The molecule has 1 fully saturated rings. The fraction of sp³-hybridized carbons (Fsp3) is 0.588. The van der Waals surface area contributed by atoms with Crippen LogP contribution in [0.15, 0.2) is 12.7 Å². The van der Waals surface area contributed by atoms with Crippen molar-refractivity contribution >= 4 is 28.8 Å². The van der Waals surface area contributed by atoms with Gasteiger partial charge in [0.05, 0.1) is 12.6 Å². The molecule has 3 heterocycles. The Morgan fingerprint density at radius 1 is 1.31 bits per heavy atom. The van der Waals surface area contributed by atoms with Crippen LogP contribution >= 0.6 is 0 Å². The van der Waals surface area contributed by atoms with Gasteiger partial charge in [0, 0.05) is 6.54 Å². The van der Waals surface area contributed by atoms with Crippen LogP contribution in [0.5, 0.6) is 0 Å². The lowest BCUT2D eigenvalue weighted by Gasteiger charge is -2.39. The summed E-state index contributed by atoms with van der Waals surface area (Å²) >= 11 is 0. The number of carbonyl (C=O) groups is 2. The molecule has 3 rings (SSSR count). The number of hydrogen-bond acceptors (Lipinski definition) is 12. The van der Waals surface area contributed by atoms with E-state index in [1.54, 1.807) is 0 Å². The van der Waals surface area contributed by atoms with Crippen molar-refractivity contribution in [1.82, 2.24) is 24.8 Å². The molecule has 2 aromatic heterocycles. The summed E-state index contributed by atoms with van der Waals surface area (Å²) in [4.78, 5) is 35.9. The van der Waals surface area contributed by atoms with Crippen molar-refractivity contribution < 1.29 is 29.6 Å². The third kappa shape index (κ3) is 3.74. The summed E-state index contributed by atoms with van der Waals surface area (Å²) < 4.78 is 6.61. The lowest BCUT2D eigenvalue weighted by molar-refractivity contribution is -0.197. The van der Waals surface area contributed by atoms with Crippen molar-refractivity contribution in [3.05, 3.63) is 12.7 Å². The number of imidazole rings is 1. The summed E-state index contributed by atoms with van der Waals surface area (Å²) in [7, 11) is 0. The third-order valence-corrected chi connectivity index (χ3v) is 5.51. The van der Waals surface area contributed by atoms with Gasteiger partial charge < -0.3 is 42.6 Å². The first-order valence-electron chi connectivity index (χ1n) is 9.83. The maximum atomic E-state index is 13.3. The van der Waals surface area contributed by atoms with E-state index in [2.05, 4.69) is 20.3 Å². The number of nitrogens with two attached hydrogens (primary N) is 4. The highest BCUT2D eigenvalue weighted by molar-refractivity contribution is 5.94. The van der Waals surface area contributed by atoms with E-state index in [-0.39, 0.29) is 29.9 Å². The molecule has 15 heteroatoms. The number of primary amides is 1. The minimum atomic E-state index is -2.77. The molecule has 0 aromatic carbocycles. The van der Waals surface area contributed by atoms with Crippen LogP contribution in [0.25, 0.3) is 11.2 Å². The van der Waals surface area contributed by atoms with Crippen LogP contribution in [0, 0.1) is 0 Å². The predicted molar refractivity (Wildman–Crippen MR) is 109 cm³/mol. The normalized spacial score (nSPS) is 28.7. The van der Waals surface area contributed by atoms with Crippen LogP contribution in [-0.2, 0) is 15.4 Å². The van der Waals surface area contributed by atoms with Crippen molar-refractivity contribution in [2.24, 2.45) is 17.2 Å². The van der Waals surface area contributed by atoms with E-state index in [9.17, 15) is 24.9 Å². The largest absolute Gasteiger partial charge is 0.394 e. The van der Waals surface area contributed by atoms with Gasteiger partial charge in [-0.3, -0.25) is 15.1 Å². The summed E-state index contributed by atoms with van der Waals surface area (Å²) in [6.45, 7) is -0.463. The van der Waals surface area contributed by atoms with E-state index >= 15 is 0 Å². The van der Waals surface area contributed by atoms with Crippen LogP contribution in [0.4, 0.5) is 10.6 Å². The molecule has 0 spiro atoms. The van der Waals surface area contributed by atoms with Crippen molar-refractivity contribution in [3.63, 3.8) is 0 Å². The number of ketones is 1. The van der Waals surface area contributed by atoms with Crippen LogP contribution in [0.2, 0.25) is 0 Å². The van der Waals surface area contributed by atoms with E-state index in [0.29, 0.717) is 12.8 Å². The van der Waals surface area contributed by atoms with Gasteiger partial charge in [-0.2, -0.15) is 0 Å². The summed E-state index contributed by atoms with van der Waals surface area (Å²) in [5.41, 5.74) is 20.5. The Kier molecular flexibility index (Phi) is 6.59. The molecule has 12 N–H and O–H groups in total. The van der Waals surface area contributed by atoms with Crippen LogP contribution in [0.3, 0.4) is 0 Å². The van der Waals surface area contributed by atoms with Crippen molar-refractivity contribution in [3.8, 4) is 0 Å². The van der Waals surface area contributed by atoms with E-state index in [0.717, 1.165) is 17.2 Å². The van der Waals surface area contributed by atoms with Gasteiger partial charge >= 0.3 is 6.03 Å². The minimum Gasteiger partial charge on any atom is -0.394 e. The van der Waals surface area contributed by atoms with Gasteiger partial charge in [0.15, 0.2) is 17.2 Å². The van der Waals surface area contributed by atoms with Gasteiger partial charge in [-0.05, 0) is 19.3 Å². The molecule has 0 aliphatic carbocycles. The number of urea groups is 1. The van der Waals surface area contributed by atoms with E-state index in [1.807, 2.05) is 0 Å². The lowest BCUT2D eigenvalue weighted by Crippen LogP contribution is -2.69. The second-order valence-corrected chi connectivity index (χ2v) is 7.55. The number of aromatic nitrogens is 4. The minimum absolute atomic E-state index is 0.0192. The average molecular weight is 453 g/mol. The predicted octanol–water partition coefficient (Wildman–Crippen LogP) is -3.80. The zero-order chi connectivity index (χ0) is 23.7. The first kappa shape index (κ1) is 23.7. The molecule has 5 atom stereocenters. The van der Waals surface area contributed by atoms with Gasteiger partial charge in [0.1, 0.15) is 30.4 Å². The fourth-order valence-corrected chi connectivity index (χ4v) is 3.78. The first-order valence-corrected chi connectivity index (χ1v) is 9.83. The number of Topliss-reactive ketones (excluding diaryl/α,β-unsaturated/α-hetero) is 1. The molecule has 1 unspecified atom stereocenters. The molecular weight excluding hydrogens is 426 g/mol. The highest BCUT2D eigenvalue weighted by Crippen LogP contribution is 2.42. The molecule has 176 valence electrons. The number of nitrogen functional groups attached to an aromatic ring is 1. The number of ether oxygens (including phenoxy) is 1. The van der Waals surface area contributed by atoms with Crippen molar-refractivity contribution in [1.29, 1.82) is 0 Å². The number of nitrogens with one attached hydrogen (secondary N) is 1. The lowest BCUT2D eigenvalue weighted by atomic mass is 9.82. The summed E-state index contributed by atoms with van der Waals surface area (Å²) in [5.74, 6) is -3.40. The standard InChI is InChI=1S/C17H27N9O6/c18-8(3-1-2-4-22-15(20)30)11(28)16(31)12(29)9(5-27)32-17(16,21)26-7-25-10-13(19)23-6-24-14(10)26/h6-9,12,27,29,31H,1-5,18,21H2,(H2,19,23,24)(H3,20,22,30)/t8?,9-,12-,16-,17+/m1/s1. The van der Waals surface area contributed by atoms with Crippen molar-refractivity contribution in [2.75, 3.05) is 18.9 Å². The number of hydrogen-bond donors (Lipinski definition) is 8. The van der Waals surface area contributed by atoms with Crippen LogP contribution in [0.1, 0.15) is 19.3 Å². The van der Waals surface area contributed by atoms with Crippen LogP contribution in [-0.4, -0.2) is 83.7 Å². The Bertz CT molecular complexity index is 1000. The highest BCUT2D eigenvalue weighted by Gasteiger charge is 2.69. The molecule has 2 aromatic rings. The molecule has 0 bridgehead atoms. The molecule has 1 aliphatic rings. The van der Waals surface area contributed by atoms with Crippen molar-refractivity contribution in [2.45, 2.75) is 49.0 Å². The Labute approximate surface area is 181 Å². The molecule has 15 nitrogen and oxygen atoms in total. The molecule has 1 aliphatic heterocycles. The molecule has 0 saturated carbocycles. The Hall–Kier alpha value is -2.95. The molecule has 1 saturated heterocycles. The van der Waals surface area contributed by atoms with E-state index in [4.69, 9.17) is 27.7 Å².